The van der Waals surface area contributed by atoms with Crippen LogP contribution < -0.4 is 5.32 Å². The Morgan fingerprint density at radius 3 is 2.84 bits per heavy atom. The number of hydrogen-bond donors (Lipinski definition) is 1. The number of nitrogens with one attached hydrogen (secondary N) is 1. The predicted molar refractivity (Wildman–Crippen MR) is 81.0 cm³/mol. The zero-order valence-corrected chi connectivity index (χ0v) is 12.6. The van der Waals surface area contributed by atoms with Crippen molar-refractivity contribution in [1.29, 1.82) is 0 Å². The summed E-state index contributed by atoms with van der Waals surface area (Å²) in [4.78, 5) is 8.61. The van der Waals surface area contributed by atoms with Crippen LogP contribution in [0, 0.1) is 0 Å². The molecule has 0 fully saturated rings. The molecule has 2 aromatic heterocycles. The van der Waals surface area contributed by atoms with Crippen molar-refractivity contribution >= 4 is 15.9 Å². The zero-order valence-electron chi connectivity index (χ0n) is 11.0. The number of halogens is 1. The van der Waals surface area contributed by atoms with Gasteiger partial charge in [0.1, 0.15) is 0 Å². The number of aromatic nitrogens is 2. The van der Waals surface area contributed by atoms with Crippen molar-refractivity contribution < 1.29 is 0 Å². The average Bonchev–Trinajstić information content (AvgIpc) is 2.40. The summed E-state index contributed by atoms with van der Waals surface area (Å²) in [5.74, 6) is 0. The molecule has 0 spiro atoms. The Kier molecular flexibility index (Phi) is 5.48. The summed E-state index contributed by atoms with van der Waals surface area (Å²) in [7, 11) is 0. The molecule has 0 aromatic carbocycles. The predicted octanol–water partition coefficient (Wildman–Crippen LogP) is 3.00. The van der Waals surface area contributed by atoms with E-state index >= 15 is 0 Å². The molecular weight excluding hydrogens is 302 g/mol. The molecule has 1 atom stereocenters. The summed E-state index contributed by atoms with van der Waals surface area (Å²) in [5, 5.41) is 3.52. The van der Waals surface area contributed by atoms with Crippen LogP contribution in [0.4, 0.5) is 0 Å². The maximum absolute atomic E-state index is 4.40. The minimum absolute atomic E-state index is 0.385. The van der Waals surface area contributed by atoms with Gasteiger partial charge in [-0.25, -0.2) is 0 Å². The topological polar surface area (TPSA) is 37.8 Å². The fourth-order valence-corrected chi connectivity index (χ4v) is 2.54. The van der Waals surface area contributed by atoms with Gasteiger partial charge >= 0.3 is 0 Å². The standard InChI is InChI=1S/C15H18BrN3/c1-2-18-15(9-14-5-3-4-6-19-14)8-12-7-13(16)11-17-10-12/h3-7,10-11,15,18H,2,8-9H2,1H3. The van der Waals surface area contributed by atoms with Crippen LogP contribution in [0.5, 0.6) is 0 Å². The van der Waals surface area contributed by atoms with Gasteiger partial charge in [0.25, 0.3) is 0 Å². The summed E-state index contributed by atoms with van der Waals surface area (Å²) in [5.41, 5.74) is 2.35. The monoisotopic (exact) mass is 319 g/mol. The van der Waals surface area contributed by atoms with Gasteiger partial charge in [0.2, 0.25) is 0 Å². The number of nitrogens with zero attached hydrogens (tertiary/aromatic N) is 2. The maximum Gasteiger partial charge on any atom is 0.0419 e. The molecule has 0 saturated carbocycles. The van der Waals surface area contributed by atoms with E-state index in [2.05, 4.69) is 50.3 Å². The first kappa shape index (κ1) is 14.2. The van der Waals surface area contributed by atoms with E-state index < -0.39 is 0 Å². The molecule has 2 aromatic rings. The molecule has 2 rings (SSSR count). The van der Waals surface area contributed by atoms with Crippen LogP contribution in [-0.2, 0) is 12.8 Å². The van der Waals surface area contributed by atoms with Gasteiger partial charge in [-0.2, -0.15) is 0 Å². The summed E-state index contributed by atoms with van der Waals surface area (Å²) >= 11 is 3.46. The van der Waals surface area contributed by atoms with Crippen molar-refractivity contribution in [1.82, 2.24) is 15.3 Å². The lowest BCUT2D eigenvalue weighted by Gasteiger charge is -2.17. The second-order valence-electron chi connectivity index (χ2n) is 4.50. The molecule has 0 aliphatic carbocycles. The Labute approximate surface area is 122 Å². The largest absolute Gasteiger partial charge is 0.314 e. The normalized spacial score (nSPS) is 12.3. The van der Waals surface area contributed by atoms with Gasteiger partial charge < -0.3 is 5.32 Å². The minimum Gasteiger partial charge on any atom is -0.314 e. The highest BCUT2D eigenvalue weighted by Crippen LogP contribution is 2.12. The van der Waals surface area contributed by atoms with E-state index in [9.17, 15) is 0 Å². The van der Waals surface area contributed by atoms with Crippen LogP contribution in [-0.4, -0.2) is 22.6 Å². The molecule has 19 heavy (non-hydrogen) atoms. The molecule has 1 N–H and O–H groups in total. The van der Waals surface area contributed by atoms with Crippen LogP contribution >= 0.6 is 15.9 Å². The third-order valence-corrected chi connectivity index (χ3v) is 3.35. The van der Waals surface area contributed by atoms with Crippen molar-refractivity contribution in [2.45, 2.75) is 25.8 Å². The first-order valence-electron chi connectivity index (χ1n) is 6.50. The molecule has 100 valence electrons. The fourth-order valence-electron chi connectivity index (χ4n) is 2.13. The van der Waals surface area contributed by atoms with Gasteiger partial charge in [-0.3, -0.25) is 9.97 Å². The van der Waals surface area contributed by atoms with E-state index in [4.69, 9.17) is 0 Å². The molecule has 0 radical (unpaired) electrons. The Balaban J connectivity index is 2.04. The number of likely N-dealkylation sites (N-methyl/N-ethyl adjacent to an activating group) is 1. The van der Waals surface area contributed by atoms with Crippen molar-refractivity contribution in [3.63, 3.8) is 0 Å². The Morgan fingerprint density at radius 2 is 2.16 bits per heavy atom. The molecule has 3 nitrogen and oxygen atoms in total. The summed E-state index contributed by atoms with van der Waals surface area (Å²) in [6.45, 7) is 3.09. The highest BCUT2D eigenvalue weighted by Gasteiger charge is 2.10. The Hall–Kier alpha value is -1.26. The van der Waals surface area contributed by atoms with E-state index in [1.807, 2.05) is 30.7 Å². The third kappa shape index (κ3) is 4.73. The van der Waals surface area contributed by atoms with Gasteiger partial charge in [0.05, 0.1) is 0 Å². The highest BCUT2D eigenvalue weighted by molar-refractivity contribution is 9.10. The molecule has 0 bridgehead atoms. The van der Waals surface area contributed by atoms with Crippen molar-refractivity contribution in [2.75, 3.05) is 6.54 Å². The minimum atomic E-state index is 0.385. The first-order valence-corrected chi connectivity index (χ1v) is 7.30. The number of pyridine rings is 2. The summed E-state index contributed by atoms with van der Waals surface area (Å²) in [6.07, 6.45) is 7.47. The van der Waals surface area contributed by atoms with Gasteiger partial charge in [-0.1, -0.05) is 13.0 Å². The zero-order chi connectivity index (χ0) is 13.5. The van der Waals surface area contributed by atoms with E-state index in [0.717, 1.165) is 29.6 Å². The highest BCUT2D eigenvalue weighted by atomic mass is 79.9. The van der Waals surface area contributed by atoms with E-state index in [0.29, 0.717) is 6.04 Å². The van der Waals surface area contributed by atoms with Gasteiger partial charge in [0, 0.05) is 41.2 Å². The van der Waals surface area contributed by atoms with E-state index in [-0.39, 0.29) is 0 Å². The van der Waals surface area contributed by atoms with Crippen molar-refractivity contribution in [2.24, 2.45) is 0 Å². The smallest absolute Gasteiger partial charge is 0.0419 e. The molecule has 4 heteroatoms. The van der Waals surface area contributed by atoms with E-state index in [1.54, 1.807) is 0 Å². The van der Waals surface area contributed by atoms with Gasteiger partial charge in [0.15, 0.2) is 0 Å². The van der Waals surface area contributed by atoms with Crippen LogP contribution in [0.2, 0.25) is 0 Å². The van der Waals surface area contributed by atoms with Gasteiger partial charge in [-0.05, 0) is 52.7 Å². The van der Waals surface area contributed by atoms with Crippen LogP contribution in [0.15, 0.2) is 47.3 Å². The van der Waals surface area contributed by atoms with Crippen molar-refractivity contribution in [3.05, 3.63) is 58.6 Å². The lowest BCUT2D eigenvalue weighted by atomic mass is 10.0. The van der Waals surface area contributed by atoms with Crippen molar-refractivity contribution in [3.8, 4) is 0 Å². The van der Waals surface area contributed by atoms with Crippen LogP contribution in [0.25, 0.3) is 0 Å². The Morgan fingerprint density at radius 1 is 1.26 bits per heavy atom. The molecule has 0 saturated heterocycles. The SMILES string of the molecule is CCNC(Cc1cncc(Br)c1)Cc1ccccn1. The fraction of sp³-hybridized carbons (Fsp3) is 0.333. The summed E-state index contributed by atoms with van der Waals surface area (Å²) in [6, 6.07) is 8.56. The molecule has 1 unspecified atom stereocenters. The number of rotatable bonds is 6. The Bertz CT molecular complexity index is 502. The quantitative estimate of drug-likeness (QED) is 0.889. The van der Waals surface area contributed by atoms with E-state index in [1.165, 1.54) is 5.56 Å². The first-order chi connectivity index (χ1) is 9.28. The molecule has 0 amide bonds. The number of hydrogen-bond acceptors (Lipinski definition) is 3. The lowest BCUT2D eigenvalue weighted by molar-refractivity contribution is 0.516. The second kappa shape index (κ2) is 7.36. The second-order valence-corrected chi connectivity index (χ2v) is 5.41. The average molecular weight is 320 g/mol. The molecule has 0 aliphatic heterocycles. The third-order valence-electron chi connectivity index (χ3n) is 2.92. The lowest BCUT2D eigenvalue weighted by Crippen LogP contribution is -2.33. The maximum atomic E-state index is 4.40. The summed E-state index contributed by atoms with van der Waals surface area (Å²) < 4.78 is 1.03. The van der Waals surface area contributed by atoms with Crippen LogP contribution in [0.1, 0.15) is 18.2 Å². The van der Waals surface area contributed by atoms with Gasteiger partial charge in [-0.15, -0.1) is 0 Å². The molecule has 0 aliphatic rings. The molecular formula is C15H18BrN3. The van der Waals surface area contributed by atoms with Crippen LogP contribution in [0.3, 0.4) is 0 Å². The molecule has 2 heterocycles.